The van der Waals surface area contributed by atoms with Gasteiger partial charge >= 0.3 is 19.5 Å². The monoisotopic (exact) mass is 778 g/mol. The minimum absolute atomic E-state index is 0.0453. The lowest BCUT2D eigenvalue weighted by molar-refractivity contribution is -0.870. The molecule has 0 fully saturated rings. The molecule has 2 unspecified atom stereocenters. The number of carbonyl (C=O) groups is 2. The average Bonchev–Trinajstić information content (AvgIpc) is 3.13. The molecule has 0 aliphatic rings. The summed E-state index contributed by atoms with van der Waals surface area (Å²) >= 11 is 0. The Morgan fingerprint density at radius 1 is 0.685 bits per heavy atom. The number of carboxylic acid groups (broad SMARTS) is 2. The van der Waals surface area contributed by atoms with Crippen molar-refractivity contribution in [3.63, 3.8) is 0 Å². The number of hydrogen-bond acceptors (Lipinski definition) is 10. The first-order valence-electron chi connectivity index (χ1n) is 20.0. The Morgan fingerprint density at radius 2 is 1.13 bits per heavy atom. The molecular formula is C40H69N5O8P+. The molecule has 306 valence electrons. The molecule has 5 N–H and O–H groups in total. The topological polar surface area (TPSA) is 180 Å². The van der Waals surface area contributed by atoms with Gasteiger partial charge in [-0.15, -0.1) is 0 Å². The number of carboxylic acids is 2. The summed E-state index contributed by atoms with van der Waals surface area (Å²) in [6.07, 6.45) is 19.2. The molecule has 2 aromatic rings. The SMILES string of the molecule is C[N+](C)(C)CCOP(=O)(CC(CNCc1cccc(C(=O)O)n1)NCc1cccc(C(=O)O)n1)OCCCCCCCCCCCCCCCCCCO. The van der Waals surface area contributed by atoms with Crippen molar-refractivity contribution < 1.29 is 43.0 Å². The molecule has 0 aliphatic heterocycles. The quantitative estimate of drug-likeness (QED) is 0.0273. The molecule has 0 amide bonds. The minimum atomic E-state index is -3.56. The number of hydrogen-bond donors (Lipinski definition) is 5. The molecular weight excluding hydrogens is 709 g/mol. The Hall–Kier alpha value is -2.77. The van der Waals surface area contributed by atoms with Gasteiger partial charge in [0.25, 0.3) is 0 Å². The third-order valence-corrected chi connectivity index (χ3v) is 11.2. The van der Waals surface area contributed by atoms with Crippen LogP contribution in [0.5, 0.6) is 0 Å². The number of quaternary nitrogens is 1. The number of aromatic nitrogens is 2. The number of unbranched alkanes of at least 4 members (excludes halogenated alkanes) is 15. The number of nitrogens with zero attached hydrogens (tertiary/aromatic N) is 3. The number of aromatic carboxylic acids is 2. The summed E-state index contributed by atoms with van der Waals surface area (Å²) in [5.41, 5.74) is 0.969. The number of likely N-dealkylation sites (N-methyl/N-ethyl adjacent to an activating group) is 1. The van der Waals surface area contributed by atoms with E-state index in [1.54, 1.807) is 24.3 Å². The molecule has 0 saturated carbocycles. The minimum Gasteiger partial charge on any atom is -0.477 e. The number of aliphatic hydroxyl groups excluding tert-OH is 1. The van der Waals surface area contributed by atoms with Crippen LogP contribution in [0.25, 0.3) is 0 Å². The van der Waals surface area contributed by atoms with Gasteiger partial charge in [-0.25, -0.2) is 19.6 Å². The van der Waals surface area contributed by atoms with Crippen molar-refractivity contribution in [3.8, 4) is 0 Å². The van der Waals surface area contributed by atoms with Gasteiger partial charge in [0.05, 0.1) is 45.3 Å². The van der Waals surface area contributed by atoms with E-state index in [9.17, 15) is 24.4 Å². The molecule has 54 heavy (non-hydrogen) atoms. The summed E-state index contributed by atoms with van der Waals surface area (Å²) in [6, 6.07) is 9.19. The maximum absolute atomic E-state index is 14.3. The van der Waals surface area contributed by atoms with E-state index < -0.39 is 25.6 Å². The van der Waals surface area contributed by atoms with E-state index in [0.717, 1.165) is 32.1 Å². The van der Waals surface area contributed by atoms with Crippen LogP contribution in [-0.4, -0.2) is 108 Å². The lowest BCUT2D eigenvalue weighted by atomic mass is 10.0. The van der Waals surface area contributed by atoms with Gasteiger partial charge in [-0.1, -0.05) is 102 Å². The molecule has 0 aliphatic carbocycles. The number of pyridine rings is 2. The van der Waals surface area contributed by atoms with Crippen molar-refractivity contribution in [2.45, 2.75) is 122 Å². The van der Waals surface area contributed by atoms with Gasteiger partial charge in [0.15, 0.2) is 0 Å². The summed E-state index contributed by atoms with van der Waals surface area (Å²) < 4.78 is 27.1. The fourth-order valence-electron chi connectivity index (χ4n) is 5.98. The molecule has 14 heteroatoms. The van der Waals surface area contributed by atoms with Crippen LogP contribution in [0, 0.1) is 0 Å². The summed E-state index contributed by atoms with van der Waals surface area (Å²) in [4.78, 5) is 31.3. The Bertz CT molecular complexity index is 1380. The van der Waals surface area contributed by atoms with Crippen LogP contribution in [0.1, 0.15) is 135 Å². The van der Waals surface area contributed by atoms with E-state index >= 15 is 0 Å². The highest BCUT2D eigenvalue weighted by molar-refractivity contribution is 7.53. The molecule has 0 saturated heterocycles. The van der Waals surface area contributed by atoms with Crippen LogP contribution in [0.2, 0.25) is 0 Å². The van der Waals surface area contributed by atoms with Crippen LogP contribution in [0.4, 0.5) is 0 Å². The third kappa shape index (κ3) is 23.2. The molecule has 2 aromatic heterocycles. The second-order valence-electron chi connectivity index (χ2n) is 15.2. The first-order chi connectivity index (χ1) is 25.9. The maximum Gasteiger partial charge on any atom is 0.354 e. The lowest BCUT2D eigenvalue weighted by Gasteiger charge is -2.27. The van der Waals surface area contributed by atoms with Crippen molar-refractivity contribution in [1.82, 2.24) is 20.6 Å². The van der Waals surface area contributed by atoms with Crippen molar-refractivity contribution in [3.05, 3.63) is 59.2 Å². The molecule has 0 bridgehead atoms. The maximum atomic E-state index is 14.3. The fraction of sp³-hybridized carbons (Fsp3) is 0.700. The smallest absolute Gasteiger partial charge is 0.354 e. The average molecular weight is 779 g/mol. The van der Waals surface area contributed by atoms with E-state index in [2.05, 4.69) is 20.6 Å². The second-order valence-corrected chi connectivity index (χ2v) is 17.3. The Labute approximate surface area is 323 Å². The number of aliphatic hydroxyl groups is 1. The lowest BCUT2D eigenvalue weighted by Crippen LogP contribution is -2.42. The van der Waals surface area contributed by atoms with Gasteiger partial charge < -0.3 is 39.5 Å². The van der Waals surface area contributed by atoms with Crippen LogP contribution in [0.15, 0.2) is 36.4 Å². The highest BCUT2D eigenvalue weighted by atomic mass is 31.2. The highest BCUT2D eigenvalue weighted by Gasteiger charge is 2.30. The Kier molecular flexibility index (Phi) is 24.4. The molecule has 13 nitrogen and oxygen atoms in total. The summed E-state index contributed by atoms with van der Waals surface area (Å²) in [5.74, 6) is -2.22. The molecule has 0 aromatic carbocycles. The van der Waals surface area contributed by atoms with E-state index in [1.165, 1.54) is 82.8 Å². The van der Waals surface area contributed by atoms with Crippen molar-refractivity contribution in [2.24, 2.45) is 0 Å². The van der Waals surface area contributed by atoms with E-state index in [0.29, 0.717) is 42.2 Å². The van der Waals surface area contributed by atoms with E-state index in [4.69, 9.17) is 14.2 Å². The van der Waals surface area contributed by atoms with Crippen molar-refractivity contribution in [1.29, 1.82) is 0 Å². The number of rotatable bonds is 34. The van der Waals surface area contributed by atoms with Gasteiger partial charge in [0.1, 0.15) is 24.5 Å². The van der Waals surface area contributed by atoms with Gasteiger partial charge in [-0.05, 0) is 37.1 Å². The zero-order valence-electron chi connectivity index (χ0n) is 33.2. The standard InChI is InChI=1S/C40H68N5O8P/c1-45(2,3)26-29-53-54(51,52-28-19-17-15-13-11-9-7-5-4-6-8-10-12-14-16-18-27-46)33-36(42-32-35-23-21-25-38(44-35)40(49)50)31-41-30-34-22-20-24-37(43-34)39(47)48/h20-25,36,41-42,46H,4-19,26-33H2,1-3H3,(H-,47,48,49,50)/p+1. The van der Waals surface area contributed by atoms with Crippen molar-refractivity contribution >= 4 is 19.5 Å². The highest BCUT2D eigenvalue weighted by Crippen LogP contribution is 2.49. The van der Waals surface area contributed by atoms with Gasteiger partial charge in [-0.2, -0.15) is 0 Å². The Morgan fingerprint density at radius 3 is 1.59 bits per heavy atom. The molecule has 0 radical (unpaired) electrons. The van der Waals surface area contributed by atoms with Gasteiger partial charge in [0, 0.05) is 32.3 Å². The Balaban J connectivity index is 1.87. The zero-order valence-corrected chi connectivity index (χ0v) is 34.1. The molecule has 2 atom stereocenters. The largest absolute Gasteiger partial charge is 0.477 e. The summed E-state index contributed by atoms with van der Waals surface area (Å²) in [6.45, 7) is 2.40. The van der Waals surface area contributed by atoms with Crippen molar-refractivity contribution in [2.75, 3.05) is 60.2 Å². The van der Waals surface area contributed by atoms with Crippen LogP contribution in [0.3, 0.4) is 0 Å². The van der Waals surface area contributed by atoms with Crippen LogP contribution < -0.4 is 10.6 Å². The molecule has 2 heterocycles. The predicted octanol–water partition coefficient (Wildman–Crippen LogP) is 7.29. The third-order valence-electron chi connectivity index (χ3n) is 9.15. The van der Waals surface area contributed by atoms with Gasteiger partial charge in [0.2, 0.25) is 0 Å². The molecule has 2 rings (SSSR count). The summed E-state index contributed by atoms with van der Waals surface area (Å²) in [5, 5.41) is 34.2. The first-order valence-corrected chi connectivity index (χ1v) is 21.8. The number of nitrogens with one attached hydrogen (secondary N) is 2. The van der Waals surface area contributed by atoms with Gasteiger partial charge in [-0.3, -0.25) is 4.57 Å². The molecule has 0 spiro atoms. The second kappa shape index (κ2) is 27.8. The summed E-state index contributed by atoms with van der Waals surface area (Å²) in [7, 11) is 2.56. The fourth-order valence-corrected chi connectivity index (χ4v) is 7.83. The zero-order chi connectivity index (χ0) is 39.5. The normalized spacial score (nSPS) is 13.5. The first kappa shape index (κ1) is 47.4. The van der Waals surface area contributed by atoms with Crippen LogP contribution >= 0.6 is 7.60 Å². The predicted molar refractivity (Wildman–Crippen MR) is 213 cm³/mol. The van der Waals surface area contributed by atoms with Crippen LogP contribution in [-0.2, 0) is 26.7 Å². The van der Waals surface area contributed by atoms with E-state index in [-0.39, 0.29) is 37.2 Å². The van der Waals surface area contributed by atoms with E-state index in [1.807, 2.05) is 21.1 Å².